The Morgan fingerprint density at radius 3 is 3.00 bits per heavy atom. The zero-order chi connectivity index (χ0) is 11.0. The minimum atomic E-state index is 0.717. The number of hydrogen-bond acceptors (Lipinski definition) is 2. The van der Waals surface area contributed by atoms with E-state index in [1.54, 1.807) is 0 Å². The van der Waals surface area contributed by atoms with Crippen LogP contribution in [-0.4, -0.2) is 23.7 Å². The maximum atomic E-state index is 4.57. The first-order chi connectivity index (χ1) is 7.84. The Morgan fingerprint density at radius 2 is 2.19 bits per heavy atom. The number of allylic oxidation sites excluding steroid dienone is 3. The monoisotopic (exact) mass is 216 g/mol. The molecule has 2 heteroatoms. The molecule has 0 aromatic rings. The van der Waals surface area contributed by atoms with Gasteiger partial charge in [-0.15, -0.1) is 0 Å². The van der Waals surface area contributed by atoms with E-state index < -0.39 is 0 Å². The van der Waals surface area contributed by atoms with Gasteiger partial charge in [0.25, 0.3) is 0 Å². The molecule has 2 aliphatic heterocycles. The van der Waals surface area contributed by atoms with Gasteiger partial charge in [0.2, 0.25) is 0 Å². The lowest BCUT2D eigenvalue weighted by Gasteiger charge is -2.21. The second-order valence-electron chi connectivity index (χ2n) is 5.20. The van der Waals surface area contributed by atoms with E-state index in [4.69, 9.17) is 0 Å². The predicted molar refractivity (Wildman–Crippen MR) is 67.5 cm³/mol. The van der Waals surface area contributed by atoms with Gasteiger partial charge in [-0.25, -0.2) is 0 Å². The number of rotatable bonds is 1. The van der Waals surface area contributed by atoms with Crippen molar-refractivity contribution in [2.45, 2.75) is 51.5 Å². The van der Waals surface area contributed by atoms with Crippen LogP contribution in [0, 0.1) is 0 Å². The zero-order valence-corrected chi connectivity index (χ0v) is 10.1. The highest BCUT2D eigenvalue weighted by Gasteiger charge is 2.22. The van der Waals surface area contributed by atoms with Crippen molar-refractivity contribution in [3.63, 3.8) is 0 Å². The Kier molecular flexibility index (Phi) is 2.58. The minimum absolute atomic E-state index is 0.717. The molecule has 0 unspecified atom stereocenters. The van der Waals surface area contributed by atoms with Gasteiger partial charge in [0.05, 0.1) is 0 Å². The van der Waals surface area contributed by atoms with Crippen LogP contribution in [0.1, 0.15) is 45.4 Å². The van der Waals surface area contributed by atoms with E-state index in [0.29, 0.717) is 6.04 Å². The lowest BCUT2D eigenvalue weighted by atomic mass is 9.94. The van der Waals surface area contributed by atoms with Crippen LogP contribution < -0.4 is 0 Å². The smallest absolute Gasteiger partial charge is 0.0442 e. The fourth-order valence-electron chi connectivity index (χ4n) is 3.01. The molecule has 0 spiro atoms. The highest BCUT2D eigenvalue weighted by atomic mass is 15.2. The first-order valence-electron chi connectivity index (χ1n) is 6.58. The molecule has 86 valence electrons. The quantitative estimate of drug-likeness (QED) is 0.657. The normalized spacial score (nSPS) is 31.7. The van der Waals surface area contributed by atoms with Gasteiger partial charge in [-0.2, -0.15) is 0 Å². The summed E-state index contributed by atoms with van der Waals surface area (Å²) in [6, 6.07) is 0.717. The number of nitrogens with zero attached hydrogens (tertiary/aromatic N) is 2. The summed E-state index contributed by atoms with van der Waals surface area (Å²) < 4.78 is 0. The van der Waals surface area contributed by atoms with E-state index in [0.717, 1.165) is 0 Å². The standard InChI is InChI=1S/C14H20N2/c1-11-5-4-8-16(11)10-12-9-15-14-7-3-2-6-13(12)14/h9-11H,2-8H2,1H3/t11-/m1/s1. The van der Waals surface area contributed by atoms with Crippen LogP contribution in [0.2, 0.25) is 0 Å². The fraction of sp³-hybridized carbons (Fsp3) is 0.643. The fourth-order valence-corrected chi connectivity index (χ4v) is 3.01. The van der Waals surface area contributed by atoms with Crippen molar-refractivity contribution >= 4 is 6.21 Å². The van der Waals surface area contributed by atoms with Gasteiger partial charge in [-0.1, -0.05) is 0 Å². The van der Waals surface area contributed by atoms with Crippen LogP contribution in [-0.2, 0) is 0 Å². The van der Waals surface area contributed by atoms with Crippen molar-refractivity contribution in [2.75, 3.05) is 6.54 Å². The molecular weight excluding hydrogens is 196 g/mol. The maximum absolute atomic E-state index is 4.57. The molecule has 0 bridgehead atoms. The second-order valence-corrected chi connectivity index (χ2v) is 5.20. The van der Waals surface area contributed by atoms with E-state index in [1.807, 2.05) is 0 Å². The van der Waals surface area contributed by atoms with E-state index in [1.165, 1.54) is 61.9 Å². The van der Waals surface area contributed by atoms with Crippen molar-refractivity contribution < 1.29 is 0 Å². The van der Waals surface area contributed by atoms with E-state index in [-0.39, 0.29) is 0 Å². The Morgan fingerprint density at radius 1 is 1.31 bits per heavy atom. The molecule has 3 aliphatic rings. The van der Waals surface area contributed by atoms with Crippen molar-refractivity contribution in [2.24, 2.45) is 4.99 Å². The molecule has 1 fully saturated rings. The van der Waals surface area contributed by atoms with E-state index in [2.05, 4.69) is 29.2 Å². The summed E-state index contributed by atoms with van der Waals surface area (Å²) in [6.45, 7) is 3.55. The van der Waals surface area contributed by atoms with Gasteiger partial charge in [-0.05, 0) is 51.0 Å². The summed E-state index contributed by atoms with van der Waals surface area (Å²) >= 11 is 0. The molecule has 0 saturated carbocycles. The van der Waals surface area contributed by atoms with Gasteiger partial charge in [0.1, 0.15) is 0 Å². The van der Waals surface area contributed by atoms with Crippen molar-refractivity contribution in [1.29, 1.82) is 0 Å². The van der Waals surface area contributed by atoms with Crippen molar-refractivity contribution in [3.05, 3.63) is 23.0 Å². The van der Waals surface area contributed by atoms with E-state index >= 15 is 0 Å². The second kappa shape index (κ2) is 4.08. The lowest BCUT2D eigenvalue weighted by Crippen LogP contribution is -2.21. The molecule has 1 atom stereocenters. The minimum Gasteiger partial charge on any atom is -0.374 e. The molecule has 16 heavy (non-hydrogen) atoms. The largest absolute Gasteiger partial charge is 0.374 e. The maximum Gasteiger partial charge on any atom is 0.0442 e. The third-order valence-corrected chi connectivity index (χ3v) is 4.06. The third-order valence-electron chi connectivity index (χ3n) is 4.06. The number of hydrogen-bond donors (Lipinski definition) is 0. The summed E-state index contributed by atoms with van der Waals surface area (Å²) in [6.07, 6.45) is 12.2. The summed E-state index contributed by atoms with van der Waals surface area (Å²) in [5.41, 5.74) is 4.29. The van der Waals surface area contributed by atoms with E-state index in [9.17, 15) is 0 Å². The summed E-state index contributed by atoms with van der Waals surface area (Å²) in [5.74, 6) is 0. The van der Waals surface area contributed by atoms with Crippen LogP contribution in [0.5, 0.6) is 0 Å². The lowest BCUT2D eigenvalue weighted by molar-refractivity contribution is 0.371. The third kappa shape index (κ3) is 1.70. The van der Waals surface area contributed by atoms with Gasteiger partial charge >= 0.3 is 0 Å². The topological polar surface area (TPSA) is 15.6 Å². The molecule has 1 aliphatic carbocycles. The summed E-state index contributed by atoms with van der Waals surface area (Å²) in [7, 11) is 0. The Labute approximate surface area is 97.7 Å². The van der Waals surface area contributed by atoms with Crippen LogP contribution in [0.15, 0.2) is 28.0 Å². The average molecular weight is 216 g/mol. The molecule has 2 heterocycles. The first kappa shape index (κ1) is 10.1. The Hall–Kier alpha value is -1.05. The molecule has 2 nitrogen and oxygen atoms in total. The number of aliphatic imine (C=N–C) groups is 1. The molecule has 0 radical (unpaired) electrons. The molecule has 0 aromatic carbocycles. The van der Waals surface area contributed by atoms with Crippen LogP contribution >= 0.6 is 0 Å². The number of likely N-dealkylation sites (tertiary alicyclic amines) is 1. The molecule has 0 amide bonds. The molecule has 0 aromatic heterocycles. The molecule has 3 rings (SSSR count). The highest BCUT2D eigenvalue weighted by molar-refractivity contribution is 5.89. The zero-order valence-electron chi connectivity index (χ0n) is 10.1. The average Bonchev–Trinajstić information content (AvgIpc) is 2.88. The van der Waals surface area contributed by atoms with Gasteiger partial charge in [-0.3, -0.25) is 4.99 Å². The summed E-state index contributed by atoms with van der Waals surface area (Å²) in [5, 5.41) is 0. The Balaban J connectivity index is 1.83. The molecule has 1 saturated heterocycles. The highest BCUT2D eigenvalue weighted by Crippen LogP contribution is 2.34. The SMILES string of the molecule is C[C@@H]1CCCN1C=C1C=NC2=C1CCCC2. The Bertz CT molecular complexity index is 376. The van der Waals surface area contributed by atoms with Gasteiger partial charge in [0, 0.05) is 36.3 Å². The van der Waals surface area contributed by atoms with Crippen LogP contribution in [0.4, 0.5) is 0 Å². The molecular formula is C14H20N2. The van der Waals surface area contributed by atoms with Gasteiger partial charge in [0.15, 0.2) is 0 Å². The molecule has 0 N–H and O–H groups in total. The van der Waals surface area contributed by atoms with Crippen molar-refractivity contribution in [1.82, 2.24) is 4.90 Å². The van der Waals surface area contributed by atoms with Gasteiger partial charge < -0.3 is 4.90 Å². The van der Waals surface area contributed by atoms with Crippen LogP contribution in [0.25, 0.3) is 0 Å². The first-order valence-corrected chi connectivity index (χ1v) is 6.58. The van der Waals surface area contributed by atoms with Crippen LogP contribution in [0.3, 0.4) is 0 Å². The van der Waals surface area contributed by atoms with Crippen molar-refractivity contribution in [3.8, 4) is 0 Å². The summed E-state index contributed by atoms with van der Waals surface area (Å²) in [4.78, 5) is 7.06. The predicted octanol–water partition coefficient (Wildman–Crippen LogP) is 3.27.